The minimum atomic E-state index is 0.191. The molecule has 2 fully saturated rings. The van der Waals surface area contributed by atoms with Crippen LogP contribution in [-0.4, -0.2) is 42.7 Å². The van der Waals surface area contributed by atoms with Crippen molar-refractivity contribution in [2.75, 3.05) is 38.1 Å². The maximum atomic E-state index is 4.50. The minimum Gasteiger partial charge on any atom is -0.369 e. The summed E-state index contributed by atoms with van der Waals surface area (Å²) in [5.74, 6) is 0. The zero-order valence-corrected chi connectivity index (χ0v) is 20.7. The van der Waals surface area contributed by atoms with Crippen molar-refractivity contribution in [2.45, 2.75) is 25.3 Å². The quantitative estimate of drug-likeness (QED) is 0.450. The fourth-order valence-electron chi connectivity index (χ4n) is 5.93. The summed E-state index contributed by atoms with van der Waals surface area (Å²) in [5.41, 5.74) is 7.34. The second kappa shape index (κ2) is 8.62. The van der Waals surface area contributed by atoms with Crippen molar-refractivity contribution in [1.29, 1.82) is 0 Å². The number of hydrogen-bond donors (Lipinski definition) is 1. The molecule has 6 rings (SSSR count). The molecule has 0 spiro atoms. The van der Waals surface area contributed by atoms with E-state index in [0.29, 0.717) is 0 Å². The number of benzene rings is 3. The van der Waals surface area contributed by atoms with Gasteiger partial charge in [0.2, 0.25) is 0 Å². The third kappa shape index (κ3) is 3.82. The Kier molecular flexibility index (Phi) is 5.42. The summed E-state index contributed by atoms with van der Waals surface area (Å²) >= 11 is 0. The van der Waals surface area contributed by atoms with Crippen molar-refractivity contribution in [1.82, 2.24) is 14.8 Å². The van der Waals surface area contributed by atoms with Gasteiger partial charge < -0.3 is 19.7 Å². The summed E-state index contributed by atoms with van der Waals surface area (Å²) in [7, 11) is 2.20. The normalized spacial score (nSPS) is 19.6. The van der Waals surface area contributed by atoms with Crippen LogP contribution in [0, 0.1) is 0 Å². The van der Waals surface area contributed by atoms with Gasteiger partial charge in [-0.25, -0.2) is 0 Å². The predicted octanol–water partition coefficient (Wildman–Crippen LogP) is 5.22. The van der Waals surface area contributed by atoms with Gasteiger partial charge in [-0.05, 0) is 61.0 Å². The highest BCUT2D eigenvalue weighted by Gasteiger charge is 2.24. The molecule has 2 saturated heterocycles. The average molecular weight is 463 g/mol. The molecule has 35 heavy (non-hydrogen) atoms. The number of aromatic nitrogens is 1. The van der Waals surface area contributed by atoms with Crippen molar-refractivity contribution < 1.29 is 0 Å². The van der Waals surface area contributed by atoms with E-state index < -0.39 is 0 Å². The number of piperidine rings is 1. The smallest absolute Gasteiger partial charge is 0.0738 e. The maximum Gasteiger partial charge on any atom is 0.0738 e. The molecule has 3 heterocycles. The molecule has 1 N–H and O–H groups in total. The van der Waals surface area contributed by atoms with E-state index in [9.17, 15) is 0 Å². The lowest BCUT2D eigenvalue weighted by Crippen LogP contribution is -2.44. The topological polar surface area (TPSA) is 23.4 Å². The Hall–Kier alpha value is -3.50. The summed E-state index contributed by atoms with van der Waals surface area (Å²) < 4.78 is 2.38. The molecule has 2 aliphatic heterocycles. The maximum absolute atomic E-state index is 4.50. The van der Waals surface area contributed by atoms with Gasteiger partial charge in [-0.1, -0.05) is 56.1 Å². The number of hydrogen-bond acceptors (Lipinski definition) is 3. The minimum absolute atomic E-state index is 0.191. The molecule has 4 nitrogen and oxygen atoms in total. The Morgan fingerprint density at radius 3 is 2.37 bits per heavy atom. The third-order valence-corrected chi connectivity index (χ3v) is 7.94. The summed E-state index contributed by atoms with van der Waals surface area (Å²) in [5, 5.41) is 8.33. The van der Waals surface area contributed by atoms with Gasteiger partial charge in [-0.2, -0.15) is 0 Å². The van der Waals surface area contributed by atoms with E-state index in [0.717, 1.165) is 62.2 Å². The third-order valence-electron chi connectivity index (χ3n) is 7.94. The van der Waals surface area contributed by atoms with Gasteiger partial charge in [-0.15, -0.1) is 0 Å². The van der Waals surface area contributed by atoms with Crippen LogP contribution in [0.25, 0.3) is 28.3 Å². The van der Waals surface area contributed by atoms with Crippen LogP contribution in [0.1, 0.15) is 30.0 Å². The van der Waals surface area contributed by atoms with Crippen molar-refractivity contribution in [3.63, 3.8) is 0 Å². The highest BCUT2D eigenvalue weighted by atomic mass is 15.2. The number of allylic oxidation sites excluding steroid dienone is 2. The highest BCUT2D eigenvalue weighted by Crippen LogP contribution is 2.35. The van der Waals surface area contributed by atoms with E-state index in [-0.39, 0.29) is 6.04 Å². The largest absolute Gasteiger partial charge is 0.369 e. The SMILES string of the molecule is C=C1CCC(n2c(=C)c3cccc4c(Cc5ccc(N6CCN(C)CC6)cc5)ccc2c43)C(=C)N1. The van der Waals surface area contributed by atoms with Gasteiger partial charge in [0.15, 0.2) is 0 Å². The van der Waals surface area contributed by atoms with Gasteiger partial charge in [0, 0.05) is 59.4 Å². The zero-order valence-electron chi connectivity index (χ0n) is 20.7. The van der Waals surface area contributed by atoms with Crippen molar-refractivity contribution >= 4 is 33.9 Å². The molecule has 0 saturated carbocycles. The molecule has 1 aromatic heterocycles. The fourth-order valence-corrected chi connectivity index (χ4v) is 5.93. The Morgan fingerprint density at radius 2 is 1.63 bits per heavy atom. The first kappa shape index (κ1) is 22.0. The number of nitrogens with zero attached hydrogens (tertiary/aromatic N) is 3. The van der Waals surface area contributed by atoms with Crippen LogP contribution in [0.15, 0.2) is 79.1 Å². The van der Waals surface area contributed by atoms with Gasteiger partial charge >= 0.3 is 0 Å². The number of likely N-dealkylation sites (N-methyl/N-ethyl adjacent to an activating group) is 1. The second-order valence-corrected chi connectivity index (χ2v) is 10.2. The van der Waals surface area contributed by atoms with Crippen molar-refractivity contribution in [3.05, 3.63) is 95.6 Å². The Bertz CT molecular complexity index is 1470. The van der Waals surface area contributed by atoms with E-state index in [1.54, 1.807) is 0 Å². The first-order valence-corrected chi connectivity index (χ1v) is 12.7. The molecule has 178 valence electrons. The predicted molar refractivity (Wildman–Crippen MR) is 149 cm³/mol. The summed E-state index contributed by atoms with van der Waals surface area (Å²) in [6, 6.07) is 20.6. The Labute approximate surface area is 207 Å². The molecular weight excluding hydrogens is 428 g/mol. The van der Waals surface area contributed by atoms with Crippen LogP contribution in [0.3, 0.4) is 0 Å². The molecule has 1 atom stereocenters. The van der Waals surface area contributed by atoms with Crippen LogP contribution in [0.2, 0.25) is 0 Å². The van der Waals surface area contributed by atoms with Crippen LogP contribution in [0.5, 0.6) is 0 Å². The zero-order chi connectivity index (χ0) is 24.1. The van der Waals surface area contributed by atoms with Gasteiger partial charge in [0.05, 0.1) is 11.6 Å². The van der Waals surface area contributed by atoms with Gasteiger partial charge in [0.1, 0.15) is 0 Å². The van der Waals surface area contributed by atoms with Crippen LogP contribution in [-0.2, 0) is 6.42 Å². The fraction of sp³-hybridized carbons (Fsp3) is 0.290. The van der Waals surface area contributed by atoms with Crippen LogP contribution in [0.4, 0.5) is 5.69 Å². The average Bonchev–Trinajstić information content (AvgIpc) is 3.15. The standard InChI is InChI=1S/C31H34N4/c1-21-8-14-29(22(2)32-21)35-23(3)27-6-5-7-28-25(11-15-30(35)31(27)28)20-24-9-12-26(13-10-24)34-18-16-33(4)17-19-34/h5-7,9-13,15,29,32H,1-3,8,14,16-20H2,4H3. The summed E-state index contributed by atoms with van der Waals surface area (Å²) in [4.78, 5) is 4.89. The number of rotatable bonds is 4. The monoisotopic (exact) mass is 462 g/mol. The van der Waals surface area contributed by atoms with E-state index in [1.165, 1.54) is 38.5 Å². The van der Waals surface area contributed by atoms with Crippen molar-refractivity contribution in [2.24, 2.45) is 0 Å². The second-order valence-electron chi connectivity index (χ2n) is 10.2. The van der Waals surface area contributed by atoms with E-state index in [2.05, 4.69) is 101 Å². The first-order chi connectivity index (χ1) is 17.0. The molecule has 0 amide bonds. The van der Waals surface area contributed by atoms with Crippen molar-refractivity contribution in [3.8, 4) is 0 Å². The number of nitrogens with one attached hydrogen (secondary N) is 1. The Balaban J connectivity index is 1.34. The summed E-state index contributed by atoms with van der Waals surface area (Å²) in [6.07, 6.45) is 2.88. The van der Waals surface area contributed by atoms with E-state index in [4.69, 9.17) is 0 Å². The molecule has 4 heteroatoms. The van der Waals surface area contributed by atoms with Crippen LogP contribution >= 0.6 is 0 Å². The van der Waals surface area contributed by atoms with E-state index in [1.807, 2.05) is 0 Å². The van der Waals surface area contributed by atoms with Crippen LogP contribution < -0.4 is 15.6 Å². The lowest BCUT2D eigenvalue weighted by molar-refractivity contribution is 0.313. The molecule has 0 bridgehead atoms. The highest BCUT2D eigenvalue weighted by molar-refractivity contribution is 6.11. The molecule has 4 aromatic rings. The summed E-state index contributed by atoms with van der Waals surface area (Å²) in [6.45, 7) is 17.4. The number of piperazine rings is 1. The first-order valence-electron chi connectivity index (χ1n) is 12.7. The number of anilines is 1. The molecule has 3 aromatic carbocycles. The molecule has 1 unspecified atom stereocenters. The van der Waals surface area contributed by atoms with Gasteiger partial charge in [0.25, 0.3) is 0 Å². The molecule has 2 aliphatic rings. The Morgan fingerprint density at radius 1 is 0.886 bits per heavy atom. The van der Waals surface area contributed by atoms with E-state index >= 15 is 0 Å². The molecule has 0 aliphatic carbocycles. The lowest BCUT2D eigenvalue weighted by Gasteiger charge is -2.34. The molecule has 0 radical (unpaired) electrons. The molecular formula is C31H34N4. The van der Waals surface area contributed by atoms with Gasteiger partial charge in [-0.3, -0.25) is 0 Å². The lowest BCUT2D eigenvalue weighted by atomic mass is 9.96.